The lowest BCUT2D eigenvalue weighted by molar-refractivity contribution is 0.0294. The zero-order chi connectivity index (χ0) is 11.9. The average Bonchev–Trinajstić information content (AvgIpc) is 2.38. The van der Waals surface area contributed by atoms with E-state index < -0.39 is 0 Å². The molecule has 1 saturated heterocycles. The van der Waals surface area contributed by atoms with E-state index in [4.69, 9.17) is 4.74 Å². The van der Waals surface area contributed by atoms with Gasteiger partial charge in [-0.15, -0.1) is 0 Å². The van der Waals surface area contributed by atoms with Crippen molar-refractivity contribution in [1.82, 2.24) is 10.6 Å². The van der Waals surface area contributed by atoms with Crippen LogP contribution in [0, 0.1) is 0 Å². The Balaban J connectivity index is 1.64. The largest absolute Gasteiger partial charge is 0.374 e. The Morgan fingerprint density at radius 1 is 1.41 bits per heavy atom. The van der Waals surface area contributed by atoms with E-state index in [-0.39, 0.29) is 0 Å². The van der Waals surface area contributed by atoms with Crippen LogP contribution in [0.1, 0.15) is 5.56 Å². The van der Waals surface area contributed by atoms with Crippen molar-refractivity contribution < 1.29 is 4.74 Å². The minimum absolute atomic E-state index is 0.322. The second kappa shape index (κ2) is 7.11. The van der Waals surface area contributed by atoms with Gasteiger partial charge in [-0.3, -0.25) is 0 Å². The summed E-state index contributed by atoms with van der Waals surface area (Å²) in [5.74, 6) is 0. The molecular weight excluding hydrogens is 280 g/mol. The minimum Gasteiger partial charge on any atom is -0.374 e. The van der Waals surface area contributed by atoms with Gasteiger partial charge in [0, 0.05) is 24.1 Å². The number of nitrogens with one attached hydrogen (secondary N) is 2. The van der Waals surface area contributed by atoms with Crippen LogP contribution in [0.3, 0.4) is 0 Å². The highest BCUT2D eigenvalue weighted by Gasteiger charge is 2.11. The molecule has 0 radical (unpaired) electrons. The molecule has 1 unspecified atom stereocenters. The summed E-state index contributed by atoms with van der Waals surface area (Å²) in [7, 11) is 0. The van der Waals surface area contributed by atoms with Crippen LogP contribution >= 0.6 is 15.9 Å². The molecule has 2 rings (SSSR count). The van der Waals surface area contributed by atoms with Crippen molar-refractivity contribution in [3.63, 3.8) is 0 Å². The Labute approximate surface area is 111 Å². The van der Waals surface area contributed by atoms with E-state index in [1.165, 1.54) is 10.0 Å². The number of morpholine rings is 1. The number of benzene rings is 1. The molecule has 0 amide bonds. The van der Waals surface area contributed by atoms with Crippen LogP contribution in [0.4, 0.5) is 0 Å². The topological polar surface area (TPSA) is 33.3 Å². The minimum atomic E-state index is 0.322. The third-order valence-corrected chi connectivity index (χ3v) is 3.68. The van der Waals surface area contributed by atoms with Crippen molar-refractivity contribution in [1.29, 1.82) is 0 Å². The maximum absolute atomic E-state index is 5.62. The Kier molecular flexibility index (Phi) is 5.45. The van der Waals surface area contributed by atoms with Crippen molar-refractivity contribution in [2.75, 3.05) is 32.8 Å². The quantitative estimate of drug-likeness (QED) is 0.810. The first-order valence-corrected chi connectivity index (χ1v) is 6.92. The first-order valence-electron chi connectivity index (χ1n) is 6.12. The summed E-state index contributed by atoms with van der Waals surface area (Å²) in [4.78, 5) is 0. The van der Waals surface area contributed by atoms with Crippen molar-refractivity contribution in [3.05, 3.63) is 34.3 Å². The van der Waals surface area contributed by atoms with Crippen LogP contribution in [0.15, 0.2) is 28.7 Å². The average molecular weight is 299 g/mol. The Morgan fingerprint density at radius 3 is 3.06 bits per heavy atom. The molecule has 0 saturated carbocycles. The van der Waals surface area contributed by atoms with Gasteiger partial charge in [-0.25, -0.2) is 0 Å². The van der Waals surface area contributed by atoms with Gasteiger partial charge >= 0.3 is 0 Å². The second-order valence-electron chi connectivity index (χ2n) is 4.24. The molecule has 2 N–H and O–H groups in total. The van der Waals surface area contributed by atoms with Crippen molar-refractivity contribution in [2.45, 2.75) is 12.5 Å². The van der Waals surface area contributed by atoms with Gasteiger partial charge < -0.3 is 15.4 Å². The predicted molar refractivity (Wildman–Crippen MR) is 73.3 cm³/mol. The first kappa shape index (κ1) is 13.0. The van der Waals surface area contributed by atoms with Crippen LogP contribution in [-0.2, 0) is 11.2 Å². The lowest BCUT2D eigenvalue weighted by Crippen LogP contribution is -2.44. The number of hydrogen-bond acceptors (Lipinski definition) is 3. The zero-order valence-electron chi connectivity index (χ0n) is 9.92. The van der Waals surface area contributed by atoms with E-state index >= 15 is 0 Å². The highest BCUT2D eigenvalue weighted by atomic mass is 79.9. The van der Waals surface area contributed by atoms with Gasteiger partial charge in [0.1, 0.15) is 0 Å². The maximum atomic E-state index is 5.62. The van der Waals surface area contributed by atoms with Crippen LogP contribution in [0.25, 0.3) is 0 Å². The molecule has 1 aliphatic heterocycles. The van der Waals surface area contributed by atoms with E-state index in [2.05, 4.69) is 44.8 Å². The van der Waals surface area contributed by atoms with Crippen LogP contribution < -0.4 is 10.6 Å². The Bertz CT molecular complexity index is 340. The molecule has 94 valence electrons. The number of ether oxygens (including phenoxy) is 1. The molecule has 1 aromatic carbocycles. The van der Waals surface area contributed by atoms with E-state index in [9.17, 15) is 0 Å². The fraction of sp³-hybridized carbons (Fsp3) is 0.538. The molecule has 3 nitrogen and oxygen atoms in total. The highest BCUT2D eigenvalue weighted by molar-refractivity contribution is 9.10. The molecule has 4 heteroatoms. The van der Waals surface area contributed by atoms with Gasteiger partial charge in [0.05, 0.1) is 12.7 Å². The van der Waals surface area contributed by atoms with E-state index in [0.29, 0.717) is 6.10 Å². The lowest BCUT2D eigenvalue weighted by Gasteiger charge is -2.23. The number of hydrogen-bond donors (Lipinski definition) is 2. The van der Waals surface area contributed by atoms with Crippen molar-refractivity contribution in [2.24, 2.45) is 0 Å². The van der Waals surface area contributed by atoms with Gasteiger partial charge in [0.15, 0.2) is 0 Å². The maximum Gasteiger partial charge on any atom is 0.0824 e. The molecule has 17 heavy (non-hydrogen) atoms. The van der Waals surface area contributed by atoms with Crippen LogP contribution in [0.2, 0.25) is 0 Å². The summed E-state index contributed by atoms with van der Waals surface area (Å²) in [5.41, 5.74) is 1.35. The molecule has 0 aliphatic carbocycles. The summed E-state index contributed by atoms with van der Waals surface area (Å²) < 4.78 is 6.81. The standard InChI is InChI=1S/C13H19BrN2O/c14-13-4-2-1-3-11(13)5-6-15-9-12-10-16-7-8-17-12/h1-4,12,15-16H,5-10H2. The van der Waals surface area contributed by atoms with Gasteiger partial charge in [-0.1, -0.05) is 34.1 Å². The Hall–Kier alpha value is -0.420. The third-order valence-electron chi connectivity index (χ3n) is 2.91. The fourth-order valence-corrected chi connectivity index (χ4v) is 2.42. The fourth-order valence-electron chi connectivity index (χ4n) is 1.94. The van der Waals surface area contributed by atoms with Crippen molar-refractivity contribution in [3.8, 4) is 0 Å². The second-order valence-corrected chi connectivity index (χ2v) is 5.10. The normalized spacial score (nSPS) is 20.4. The smallest absolute Gasteiger partial charge is 0.0824 e. The molecule has 1 heterocycles. The first-order chi connectivity index (χ1) is 8.36. The summed E-state index contributed by atoms with van der Waals surface area (Å²) in [6, 6.07) is 8.37. The van der Waals surface area contributed by atoms with Gasteiger partial charge in [0.25, 0.3) is 0 Å². The SMILES string of the molecule is Brc1ccccc1CCNCC1CNCCO1. The predicted octanol–water partition coefficient (Wildman–Crippen LogP) is 1.57. The van der Waals surface area contributed by atoms with Gasteiger partial charge in [-0.05, 0) is 24.6 Å². The lowest BCUT2D eigenvalue weighted by atomic mass is 10.1. The van der Waals surface area contributed by atoms with Crippen LogP contribution in [-0.4, -0.2) is 38.9 Å². The summed E-state index contributed by atoms with van der Waals surface area (Å²) >= 11 is 3.56. The summed E-state index contributed by atoms with van der Waals surface area (Å²) in [6.45, 7) is 4.69. The molecular formula is C13H19BrN2O. The van der Waals surface area contributed by atoms with E-state index in [0.717, 1.165) is 39.2 Å². The highest BCUT2D eigenvalue weighted by Crippen LogP contribution is 2.15. The molecule has 0 bridgehead atoms. The molecule has 0 aromatic heterocycles. The molecule has 1 aromatic rings. The third kappa shape index (κ3) is 4.39. The molecule has 0 spiro atoms. The Morgan fingerprint density at radius 2 is 2.29 bits per heavy atom. The van der Waals surface area contributed by atoms with Crippen LogP contribution in [0.5, 0.6) is 0 Å². The summed E-state index contributed by atoms with van der Waals surface area (Å²) in [5, 5.41) is 6.78. The summed E-state index contributed by atoms with van der Waals surface area (Å²) in [6.07, 6.45) is 1.37. The molecule has 1 aliphatic rings. The monoisotopic (exact) mass is 298 g/mol. The van der Waals surface area contributed by atoms with E-state index in [1.807, 2.05) is 6.07 Å². The number of rotatable bonds is 5. The van der Waals surface area contributed by atoms with Gasteiger partial charge in [-0.2, -0.15) is 0 Å². The number of halogens is 1. The van der Waals surface area contributed by atoms with Gasteiger partial charge in [0.2, 0.25) is 0 Å². The van der Waals surface area contributed by atoms with E-state index in [1.54, 1.807) is 0 Å². The molecule has 1 atom stereocenters. The zero-order valence-corrected chi connectivity index (χ0v) is 11.5. The van der Waals surface area contributed by atoms with Crippen molar-refractivity contribution >= 4 is 15.9 Å². The molecule has 1 fully saturated rings.